The van der Waals surface area contributed by atoms with Crippen LogP contribution in [0.25, 0.3) is 11.0 Å². The van der Waals surface area contributed by atoms with Gasteiger partial charge < -0.3 is 9.30 Å². The van der Waals surface area contributed by atoms with Crippen molar-refractivity contribution < 1.29 is 4.74 Å². The van der Waals surface area contributed by atoms with Crippen molar-refractivity contribution in [2.75, 3.05) is 6.61 Å². The molecule has 108 valence electrons. The number of imidazole rings is 1. The van der Waals surface area contributed by atoms with E-state index in [1.165, 1.54) is 11.1 Å². The molecule has 3 nitrogen and oxygen atoms in total. The van der Waals surface area contributed by atoms with E-state index in [1.807, 2.05) is 24.3 Å². The smallest absolute Gasteiger partial charge is 0.122 e. The molecule has 0 bridgehead atoms. The normalized spacial score (nSPS) is 11.0. The largest absolute Gasteiger partial charge is 0.491 e. The summed E-state index contributed by atoms with van der Waals surface area (Å²) in [5.41, 5.74) is 3.41. The van der Waals surface area contributed by atoms with Crippen LogP contribution in [0, 0.1) is 6.92 Å². The number of para-hydroxylation sites is 3. The lowest BCUT2D eigenvalue weighted by Gasteiger charge is -2.11. The van der Waals surface area contributed by atoms with Crippen molar-refractivity contribution in [3.8, 4) is 5.75 Å². The van der Waals surface area contributed by atoms with Crippen LogP contribution in [0.3, 0.4) is 0 Å². The first-order valence-electron chi connectivity index (χ1n) is 7.42. The van der Waals surface area contributed by atoms with Gasteiger partial charge in [0.15, 0.2) is 0 Å². The lowest BCUT2D eigenvalue weighted by Crippen LogP contribution is -2.11. The number of ether oxygens (including phenoxy) is 1. The third kappa shape index (κ3) is 2.77. The SMILES string of the molecule is CCc1nc2ccccc2n1CCOc1ccccc1C. The van der Waals surface area contributed by atoms with Gasteiger partial charge >= 0.3 is 0 Å². The molecule has 0 radical (unpaired) electrons. The Kier molecular flexibility index (Phi) is 3.91. The van der Waals surface area contributed by atoms with Crippen molar-refractivity contribution in [3.63, 3.8) is 0 Å². The molecule has 3 rings (SSSR count). The van der Waals surface area contributed by atoms with Gasteiger partial charge in [-0.3, -0.25) is 0 Å². The molecule has 0 amide bonds. The Morgan fingerprint density at radius 3 is 2.62 bits per heavy atom. The first-order chi connectivity index (χ1) is 10.3. The summed E-state index contributed by atoms with van der Waals surface area (Å²) >= 11 is 0. The molecular weight excluding hydrogens is 260 g/mol. The number of rotatable bonds is 5. The van der Waals surface area contributed by atoms with E-state index >= 15 is 0 Å². The Hall–Kier alpha value is -2.29. The van der Waals surface area contributed by atoms with E-state index < -0.39 is 0 Å². The maximum Gasteiger partial charge on any atom is 0.122 e. The van der Waals surface area contributed by atoms with Gasteiger partial charge in [0.25, 0.3) is 0 Å². The molecule has 0 aliphatic heterocycles. The molecule has 0 N–H and O–H groups in total. The second kappa shape index (κ2) is 6.00. The van der Waals surface area contributed by atoms with Crippen LogP contribution in [0.4, 0.5) is 0 Å². The number of hydrogen-bond donors (Lipinski definition) is 0. The monoisotopic (exact) mass is 280 g/mol. The van der Waals surface area contributed by atoms with Gasteiger partial charge in [0.2, 0.25) is 0 Å². The molecule has 3 heteroatoms. The van der Waals surface area contributed by atoms with Crippen molar-refractivity contribution in [1.29, 1.82) is 0 Å². The zero-order valence-corrected chi connectivity index (χ0v) is 12.5. The zero-order valence-electron chi connectivity index (χ0n) is 12.5. The van der Waals surface area contributed by atoms with Gasteiger partial charge in [-0.2, -0.15) is 0 Å². The topological polar surface area (TPSA) is 27.1 Å². The van der Waals surface area contributed by atoms with E-state index in [0.29, 0.717) is 6.61 Å². The molecule has 2 aromatic carbocycles. The quantitative estimate of drug-likeness (QED) is 0.706. The first kappa shape index (κ1) is 13.7. The molecule has 0 aliphatic rings. The predicted molar refractivity (Wildman–Crippen MR) is 85.8 cm³/mol. The Labute approximate surface area is 125 Å². The molecule has 3 aromatic rings. The van der Waals surface area contributed by atoms with Crippen LogP contribution in [0.15, 0.2) is 48.5 Å². The van der Waals surface area contributed by atoms with Crippen LogP contribution in [0.2, 0.25) is 0 Å². The average Bonchev–Trinajstić information content (AvgIpc) is 2.87. The number of fused-ring (bicyclic) bond motifs is 1. The van der Waals surface area contributed by atoms with Crippen LogP contribution in [0.5, 0.6) is 5.75 Å². The number of nitrogens with zero attached hydrogens (tertiary/aromatic N) is 2. The highest BCUT2D eigenvalue weighted by Gasteiger charge is 2.08. The Bertz CT molecular complexity index is 746. The molecule has 1 heterocycles. The van der Waals surface area contributed by atoms with Crippen molar-refractivity contribution in [2.45, 2.75) is 26.8 Å². The van der Waals surface area contributed by atoms with Crippen LogP contribution >= 0.6 is 0 Å². The standard InChI is InChI=1S/C18H20N2O/c1-3-18-19-15-9-5-6-10-16(15)20(18)12-13-21-17-11-7-4-8-14(17)2/h4-11H,3,12-13H2,1-2H3. The second-order valence-electron chi connectivity index (χ2n) is 5.14. The summed E-state index contributed by atoms with van der Waals surface area (Å²) < 4.78 is 8.17. The fraction of sp³-hybridized carbons (Fsp3) is 0.278. The van der Waals surface area contributed by atoms with Crippen molar-refractivity contribution in [2.24, 2.45) is 0 Å². The molecule has 0 unspecified atom stereocenters. The molecule has 0 saturated heterocycles. The van der Waals surface area contributed by atoms with Gasteiger partial charge in [0.1, 0.15) is 18.2 Å². The Balaban J connectivity index is 1.77. The van der Waals surface area contributed by atoms with Crippen LogP contribution in [-0.4, -0.2) is 16.2 Å². The van der Waals surface area contributed by atoms with Crippen LogP contribution in [0.1, 0.15) is 18.3 Å². The number of aryl methyl sites for hydroxylation is 2. The second-order valence-corrected chi connectivity index (χ2v) is 5.14. The maximum absolute atomic E-state index is 5.91. The highest BCUT2D eigenvalue weighted by atomic mass is 16.5. The van der Waals surface area contributed by atoms with Gasteiger partial charge in [0, 0.05) is 6.42 Å². The van der Waals surface area contributed by atoms with E-state index in [9.17, 15) is 0 Å². The maximum atomic E-state index is 5.91. The zero-order chi connectivity index (χ0) is 14.7. The number of hydrogen-bond acceptors (Lipinski definition) is 2. The minimum absolute atomic E-state index is 0.651. The molecule has 1 aromatic heterocycles. The van der Waals surface area contributed by atoms with E-state index in [1.54, 1.807) is 0 Å². The third-order valence-electron chi connectivity index (χ3n) is 3.72. The minimum atomic E-state index is 0.651. The summed E-state index contributed by atoms with van der Waals surface area (Å²) in [5, 5.41) is 0. The van der Waals surface area contributed by atoms with E-state index in [4.69, 9.17) is 4.74 Å². The van der Waals surface area contributed by atoms with Gasteiger partial charge in [0.05, 0.1) is 17.6 Å². The Morgan fingerprint density at radius 2 is 1.81 bits per heavy atom. The fourth-order valence-electron chi connectivity index (χ4n) is 2.61. The summed E-state index contributed by atoms with van der Waals surface area (Å²) in [4.78, 5) is 4.68. The van der Waals surface area contributed by atoms with E-state index in [-0.39, 0.29) is 0 Å². The molecule has 0 aliphatic carbocycles. The molecule has 0 atom stereocenters. The van der Waals surface area contributed by atoms with E-state index in [2.05, 4.69) is 47.7 Å². The summed E-state index contributed by atoms with van der Waals surface area (Å²) in [6.45, 7) is 5.68. The number of aromatic nitrogens is 2. The van der Waals surface area contributed by atoms with Crippen LogP contribution < -0.4 is 4.74 Å². The van der Waals surface area contributed by atoms with Gasteiger partial charge in [-0.05, 0) is 30.7 Å². The van der Waals surface area contributed by atoms with Gasteiger partial charge in [-0.25, -0.2) is 4.98 Å². The molecular formula is C18H20N2O. The van der Waals surface area contributed by atoms with Crippen molar-refractivity contribution >= 4 is 11.0 Å². The van der Waals surface area contributed by atoms with E-state index in [0.717, 1.165) is 30.1 Å². The third-order valence-corrected chi connectivity index (χ3v) is 3.72. The highest BCUT2D eigenvalue weighted by Crippen LogP contribution is 2.18. The average molecular weight is 280 g/mol. The summed E-state index contributed by atoms with van der Waals surface area (Å²) in [5.74, 6) is 2.07. The lowest BCUT2D eigenvalue weighted by atomic mass is 10.2. The lowest BCUT2D eigenvalue weighted by molar-refractivity contribution is 0.296. The number of benzene rings is 2. The highest BCUT2D eigenvalue weighted by molar-refractivity contribution is 5.75. The van der Waals surface area contributed by atoms with Crippen molar-refractivity contribution in [3.05, 3.63) is 59.9 Å². The molecule has 0 saturated carbocycles. The fourth-order valence-corrected chi connectivity index (χ4v) is 2.61. The molecule has 0 spiro atoms. The van der Waals surface area contributed by atoms with Crippen molar-refractivity contribution in [1.82, 2.24) is 9.55 Å². The Morgan fingerprint density at radius 1 is 1.05 bits per heavy atom. The van der Waals surface area contributed by atoms with Gasteiger partial charge in [-0.15, -0.1) is 0 Å². The summed E-state index contributed by atoms with van der Waals surface area (Å²) in [6.07, 6.45) is 0.930. The molecule has 0 fully saturated rings. The summed E-state index contributed by atoms with van der Waals surface area (Å²) in [7, 11) is 0. The predicted octanol–water partition coefficient (Wildman–Crippen LogP) is 3.99. The van der Waals surface area contributed by atoms with Gasteiger partial charge in [-0.1, -0.05) is 37.3 Å². The first-order valence-corrected chi connectivity index (χ1v) is 7.42. The molecule has 21 heavy (non-hydrogen) atoms. The van der Waals surface area contributed by atoms with Crippen LogP contribution in [-0.2, 0) is 13.0 Å². The summed E-state index contributed by atoms with van der Waals surface area (Å²) in [6, 6.07) is 16.4. The minimum Gasteiger partial charge on any atom is -0.491 e.